The van der Waals surface area contributed by atoms with Crippen LogP contribution in [0.1, 0.15) is 50.1 Å². The van der Waals surface area contributed by atoms with E-state index in [9.17, 15) is 23.1 Å². The number of imidazole rings is 1. The Bertz CT molecular complexity index is 571. The molecular weight excluding hydrogens is 315 g/mol. The van der Waals surface area contributed by atoms with Crippen LogP contribution in [0.25, 0.3) is 0 Å². The summed E-state index contributed by atoms with van der Waals surface area (Å²) >= 11 is 0. The van der Waals surface area contributed by atoms with Crippen molar-refractivity contribution in [2.45, 2.75) is 45.5 Å². The number of rotatable bonds is 4. The Morgan fingerprint density at radius 1 is 1.48 bits per heavy atom. The number of aromatic amines is 1. The van der Waals surface area contributed by atoms with E-state index in [1.165, 1.54) is 11.8 Å². The standard InChI is InChI=1S/C14H20F3N3O3/c1-7(2)11-10-9(4-5-20(11)13(21)22)18-12(19-10)8(3)23-6-14(15,16)17/h7-8,11H,4-6H2,1-3H3,(H,18,19)(H,21,22). The fourth-order valence-corrected chi connectivity index (χ4v) is 2.78. The molecule has 130 valence electrons. The maximum atomic E-state index is 12.2. The number of amides is 1. The van der Waals surface area contributed by atoms with Gasteiger partial charge in [-0.05, 0) is 12.8 Å². The second-order valence-corrected chi connectivity index (χ2v) is 5.97. The molecule has 0 bridgehead atoms. The molecule has 0 saturated heterocycles. The second-order valence-electron chi connectivity index (χ2n) is 5.97. The zero-order chi connectivity index (χ0) is 17.4. The molecule has 2 atom stereocenters. The number of alkyl halides is 3. The Morgan fingerprint density at radius 2 is 2.13 bits per heavy atom. The van der Waals surface area contributed by atoms with Gasteiger partial charge in [0.1, 0.15) is 18.5 Å². The van der Waals surface area contributed by atoms with Crippen molar-refractivity contribution >= 4 is 6.09 Å². The van der Waals surface area contributed by atoms with Gasteiger partial charge in [0.25, 0.3) is 0 Å². The third-order valence-corrected chi connectivity index (χ3v) is 3.81. The van der Waals surface area contributed by atoms with E-state index in [1.54, 1.807) is 0 Å². The highest BCUT2D eigenvalue weighted by molar-refractivity contribution is 5.66. The molecule has 1 amide bonds. The molecule has 1 aromatic rings. The molecule has 1 aromatic heterocycles. The van der Waals surface area contributed by atoms with Gasteiger partial charge in [0.2, 0.25) is 0 Å². The number of nitrogens with zero attached hydrogens (tertiary/aromatic N) is 2. The number of ether oxygens (including phenoxy) is 1. The number of carbonyl (C=O) groups is 1. The molecule has 0 fully saturated rings. The van der Waals surface area contributed by atoms with E-state index in [2.05, 4.69) is 9.97 Å². The summed E-state index contributed by atoms with van der Waals surface area (Å²) in [5.74, 6) is 0.282. The van der Waals surface area contributed by atoms with E-state index < -0.39 is 31.0 Å². The Morgan fingerprint density at radius 3 is 2.65 bits per heavy atom. The molecule has 1 aliphatic rings. The minimum Gasteiger partial charge on any atom is -0.465 e. The molecule has 2 N–H and O–H groups in total. The van der Waals surface area contributed by atoms with Crippen LogP contribution in [-0.4, -0.2) is 45.4 Å². The molecule has 0 aromatic carbocycles. The average molecular weight is 335 g/mol. The van der Waals surface area contributed by atoms with Gasteiger partial charge in [-0.15, -0.1) is 0 Å². The van der Waals surface area contributed by atoms with Crippen LogP contribution in [0.2, 0.25) is 0 Å². The van der Waals surface area contributed by atoms with Crippen molar-refractivity contribution in [2.75, 3.05) is 13.2 Å². The molecule has 2 unspecified atom stereocenters. The van der Waals surface area contributed by atoms with Gasteiger partial charge in [-0.2, -0.15) is 13.2 Å². The highest BCUT2D eigenvalue weighted by Gasteiger charge is 2.36. The van der Waals surface area contributed by atoms with Crippen LogP contribution in [0.3, 0.4) is 0 Å². The first-order chi connectivity index (χ1) is 10.6. The molecule has 2 heterocycles. The van der Waals surface area contributed by atoms with Gasteiger partial charge in [-0.25, -0.2) is 9.78 Å². The van der Waals surface area contributed by atoms with Crippen molar-refractivity contribution in [1.29, 1.82) is 0 Å². The minimum atomic E-state index is -4.40. The van der Waals surface area contributed by atoms with E-state index in [1.807, 2.05) is 13.8 Å². The van der Waals surface area contributed by atoms with Crippen LogP contribution >= 0.6 is 0 Å². The van der Waals surface area contributed by atoms with E-state index in [4.69, 9.17) is 4.74 Å². The Labute approximate surface area is 131 Å². The lowest BCUT2D eigenvalue weighted by Gasteiger charge is -2.35. The summed E-state index contributed by atoms with van der Waals surface area (Å²) in [6, 6.07) is -0.420. The molecule has 23 heavy (non-hydrogen) atoms. The van der Waals surface area contributed by atoms with E-state index >= 15 is 0 Å². The van der Waals surface area contributed by atoms with Gasteiger partial charge >= 0.3 is 12.3 Å². The number of H-pyrrole nitrogens is 1. The van der Waals surface area contributed by atoms with Gasteiger partial charge in [-0.1, -0.05) is 13.8 Å². The fraction of sp³-hybridized carbons (Fsp3) is 0.714. The normalized spacial score (nSPS) is 19.8. The molecule has 0 spiro atoms. The third kappa shape index (κ3) is 3.95. The van der Waals surface area contributed by atoms with Crippen molar-refractivity contribution in [3.05, 3.63) is 17.2 Å². The molecule has 1 aliphatic heterocycles. The van der Waals surface area contributed by atoms with Gasteiger partial charge in [-0.3, -0.25) is 4.90 Å². The van der Waals surface area contributed by atoms with Crippen LogP contribution in [-0.2, 0) is 11.2 Å². The Balaban J connectivity index is 2.22. The summed E-state index contributed by atoms with van der Waals surface area (Å²) in [5, 5.41) is 9.31. The van der Waals surface area contributed by atoms with E-state index in [0.29, 0.717) is 18.7 Å². The summed E-state index contributed by atoms with van der Waals surface area (Å²) in [7, 11) is 0. The van der Waals surface area contributed by atoms with Crippen LogP contribution in [0, 0.1) is 5.92 Å². The van der Waals surface area contributed by atoms with Gasteiger partial charge in [0, 0.05) is 18.7 Å². The quantitative estimate of drug-likeness (QED) is 0.885. The third-order valence-electron chi connectivity index (χ3n) is 3.81. The minimum absolute atomic E-state index is 0.00676. The maximum Gasteiger partial charge on any atom is 0.411 e. The second kappa shape index (κ2) is 6.38. The van der Waals surface area contributed by atoms with Crippen LogP contribution in [0.15, 0.2) is 0 Å². The summed E-state index contributed by atoms with van der Waals surface area (Å²) in [6.07, 6.45) is -5.83. The lowest BCUT2D eigenvalue weighted by Crippen LogP contribution is -2.41. The van der Waals surface area contributed by atoms with E-state index in [0.717, 1.165) is 5.69 Å². The molecule has 6 nitrogen and oxygen atoms in total. The van der Waals surface area contributed by atoms with Crippen LogP contribution < -0.4 is 0 Å². The molecule has 2 rings (SSSR count). The number of nitrogens with one attached hydrogen (secondary N) is 1. The first-order valence-corrected chi connectivity index (χ1v) is 7.36. The summed E-state index contributed by atoms with van der Waals surface area (Å²) in [6.45, 7) is 4.22. The van der Waals surface area contributed by atoms with E-state index in [-0.39, 0.29) is 11.7 Å². The fourth-order valence-electron chi connectivity index (χ4n) is 2.78. The summed E-state index contributed by atoms with van der Waals surface area (Å²) in [4.78, 5) is 20.0. The smallest absolute Gasteiger partial charge is 0.411 e. The highest BCUT2D eigenvalue weighted by Crippen LogP contribution is 2.35. The lowest BCUT2D eigenvalue weighted by atomic mass is 9.94. The molecule has 9 heteroatoms. The van der Waals surface area contributed by atoms with Crippen LogP contribution in [0.5, 0.6) is 0 Å². The SMILES string of the molecule is CC(OCC(F)(F)F)c1nc2c([nH]1)CCN(C(=O)O)C2C(C)C. The molecule has 0 saturated carbocycles. The molecule has 0 aliphatic carbocycles. The summed E-state index contributed by atoms with van der Waals surface area (Å²) < 4.78 is 41.5. The number of halogens is 3. The van der Waals surface area contributed by atoms with Gasteiger partial charge in [0.15, 0.2) is 0 Å². The van der Waals surface area contributed by atoms with Gasteiger partial charge < -0.3 is 14.8 Å². The number of hydrogen-bond donors (Lipinski definition) is 2. The Hall–Kier alpha value is -1.77. The lowest BCUT2D eigenvalue weighted by molar-refractivity contribution is -0.185. The average Bonchev–Trinajstić information content (AvgIpc) is 2.86. The Kier molecular flexibility index (Phi) is 4.88. The van der Waals surface area contributed by atoms with Crippen molar-refractivity contribution < 1.29 is 27.8 Å². The van der Waals surface area contributed by atoms with Crippen molar-refractivity contribution in [3.8, 4) is 0 Å². The predicted molar refractivity (Wildman–Crippen MR) is 75.0 cm³/mol. The number of carboxylic acid groups (broad SMARTS) is 1. The highest BCUT2D eigenvalue weighted by atomic mass is 19.4. The zero-order valence-corrected chi connectivity index (χ0v) is 13.1. The zero-order valence-electron chi connectivity index (χ0n) is 13.1. The van der Waals surface area contributed by atoms with Crippen molar-refractivity contribution in [2.24, 2.45) is 5.92 Å². The molecule has 0 radical (unpaired) electrons. The monoisotopic (exact) mass is 335 g/mol. The topological polar surface area (TPSA) is 78.5 Å². The first-order valence-electron chi connectivity index (χ1n) is 7.36. The number of fused-ring (bicyclic) bond motifs is 1. The maximum absolute atomic E-state index is 12.2. The van der Waals surface area contributed by atoms with Crippen molar-refractivity contribution in [1.82, 2.24) is 14.9 Å². The predicted octanol–water partition coefficient (Wildman–Crippen LogP) is 3.28. The first kappa shape index (κ1) is 17.6. The largest absolute Gasteiger partial charge is 0.465 e. The van der Waals surface area contributed by atoms with Crippen molar-refractivity contribution in [3.63, 3.8) is 0 Å². The number of hydrogen-bond acceptors (Lipinski definition) is 3. The molecular formula is C14H20F3N3O3. The van der Waals surface area contributed by atoms with Gasteiger partial charge in [0.05, 0.1) is 11.7 Å². The van der Waals surface area contributed by atoms with Crippen LogP contribution in [0.4, 0.5) is 18.0 Å². The summed E-state index contributed by atoms with van der Waals surface area (Å²) in [5.41, 5.74) is 1.34. The number of aromatic nitrogens is 2.